The van der Waals surface area contributed by atoms with E-state index in [1.807, 2.05) is 0 Å². The molecule has 1 aliphatic carbocycles. The lowest BCUT2D eigenvalue weighted by Gasteiger charge is -2.14. The number of carbonyl (C=O) groups excluding carboxylic acids is 1. The number of furan rings is 1. The molecule has 1 fully saturated rings. The van der Waals surface area contributed by atoms with Crippen molar-refractivity contribution in [3.63, 3.8) is 0 Å². The highest BCUT2D eigenvalue weighted by Gasteiger charge is 2.34. The van der Waals surface area contributed by atoms with Crippen LogP contribution in [0.25, 0.3) is 11.6 Å². The highest BCUT2D eigenvalue weighted by molar-refractivity contribution is 8.26. The van der Waals surface area contributed by atoms with Crippen LogP contribution in [0, 0.1) is 0 Å². The lowest BCUT2D eigenvalue weighted by Crippen LogP contribution is -2.33. The predicted octanol–water partition coefficient (Wildman–Crippen LogP) is 4.23. The second-order valence-corrected chi connectivity index (χ2v) is 7.40. The van der Waals surface area contributed by atoms with E-state index < -0.39 is 30.2 Å². The summed E-state index contributed by atoms with van der Waals surface area (Å²) in [5.41, 5.74) is -0.292. The molecule has 142 valence electrons. The molecule has 3 rings (SSSR count). The van der Waals surface area contributed by atoms with E-state index in [2.05, 4.69) is 0 Å². The molecule has 0 aromatic carbocycles. The maximum atomic E-state index is 12.9. The Hall–Kier alpha value is -2.33. The van der Waals surface area contributed by atoms with Gasteiger partial charge < -0.3 is 9.52 Å². The van der Waals surface area contributed by atoms with Gasteiger partial charge in [-0.2, -0.15) is 13.2 Å². The lowest BCUT2D eigenvalue weighted by atomic mass is 9.97. The summed E-state index contributed by atoms with van der Waals surface area (Å²) in [7, 11) is 0. The van der Waals surface area contributed by atoms with Crippen LogP contribution in [0.2, 0.25) is 0 Å². The summed E-state index contributed by atoms with van der Waals surface area (Å²) in [5, 5.41) is 8.82. The number of amides is 1. The van der Waals surface area contributed by atoms with E-state index in [1.165, 1.54) is 18.2 Å². The molecule has 10 heteroatoms. The van der Waals surface area contributed by atoms with Crippen LogP contribution >= 0.6 is 24.0 Å². The van der Waals surface area contributed by atoms with Gasteiger partial charge in [-0.25, -0.2) is 0 Å². The Labute approximate surface area is 161 Å². The van der Waals surface area contributed by atoms with Gasteiger partial charge in [-0.3, -0.25) is 14.5 Å². The van der Waals surface area contributed by atoms with Gasteiger partial charge in [0.1, 0.15) is 22.4 Å². The minimum atomic E-state index is -4.42. The van der Waals surface area contributed by atoms with Crippen LogP contribution in [-0.4, -0.2) is 38.9 Å². The number of carbonyl (C=O) groups is 2. The van der Waals surface area contributed by atoms with Gasteiger partial charge in [-0.05, 0) is 36.6 Å². The number of aliphatic carboxylic acids is 1. The Morgan fingerprint density at radius 3 is 2.81 bits per heavy atom. The summed E-state index contributed by atoms with van der Waals surface area (Å²) in [6.07, 6.45) is -0.161. The first-order valence-corrected chi connectivity index (χ1v) is 8.93. The maximum Gasteiger partial charge on any atom is 0.416 e. The van der Waals surface area contributed by atoms with Gasteiger partial charge in [0.2, 0.25) is 0 Å². The van der Waals surface area contributed by atoms with Gasteiger partial charge in [0, 0.05) is 6.08 Å². The van der Waals surface area contributed by atoms with Gasteiger partial charge in [0.15, 0.2) is 0 Å². The molecule has 0 atom stereocenters. The van der Waals surface area contributed by atoms with Gasteiger partial charge in [0.05, 0.1) is 10.5 Å². The summed E-state index contributed by atoms with van der Waals surface area (Å²) in [5.74, 6) is -1.18. The van der Waals surface area contributed by atoms with Crippen molar-refractivity contribution >= 4 is 51.8 Å². The SMILES string of the molecule is O=C(O)CN1C(=O)/C(=C/c2ccc(C3=CC(C(F)(F)F)=CCC3)o2)SC1=S. The van der Waals surface area contributed by atoms with E-state index in [0.29, 0.717) is 12.0 Å². The Morgan fingerprint density at radius 2 is 2.15 bits per heavy atom. The van der Waals surface area contributed by atoms with Gasteiger partial charge >= 0.3 is 12.1 Å². The van der Waals surface area contributed by atoms with E-state index in [4.69, 9.17) is 21.7 Å². The number of thioether (sulfide) groups is 1. The number of carboxylic acids is 1. The predicted molar refractivity (Wildman–Crippen MR) is 97.6 cm³/mol. The fourth-order valence-electron chi connectivity index (χ4n) is 2.60. The largest absolute Gasteiger partial charge is 0.480 e. The summed E-state index contributed by atoms with van der Waals surface area (Å²) in [6, 6.07) is 3.07. The van der Waals surface area contributed by atoms with Crippen molar-refractivity contribution in [2.75, 3.05) is 6.54 Å². The molecule has 1 saturated heterocycles. The van der Waals surface area contributed by atoms with Crippen LogP contribution in [0.3, 0.4) is 0 Å². The monoisotopic (exact) mass is 415 g/mol. The molecule has 0 spiro atoms. The molecular formula is C17H12F3NO4S2. The molecule has 1 N–H and O–H groups in total. The first-order chi connectivity index (χ1) is 12.6. The third-order valence-electron chi connectivity index (χ3n) is 3.82. The van der Waals surface area contributed by atoms with Crippen LogP contribution in [0.1, 0.15) is 24.4 Å². The molecular weight excluding hydrogens is 403 g/mol. The number of nitrogens with zero attached hydrogens (tertiary/aromatic N) is 1. The molecule has 1 aliphatic heterocycles. The molecule has 2 heterocycles. The highest BCUT2D eigenvalue weighted by Crippen LogP contribution is 2.36. The number of hydrogen-bond donors (Lipinski definition) is 1. The average molecular weight is 415 g/mol. The Balaban J connectivity index is 1.81. The Bertz CT molecular complexity index is 912. The molecule has 0 radical (unpaired) electrons. The van der Waals surface area contributed by atoms with Crippen molar-refractivity contribution in [1.82, 2.24) is 4.90 Å². The second-order valence-electron chi connectivity index (χ2n) is 5.73. The number of rotatable bonds is 4. The topological polar surface area (TPSA) is 70.8 Å². The molecule has 2 aliphatic rings. The van der Waals surface area contributed by atoms with E-state index in [9.17, 15) is 22.8 Å². The number of carboxylic acid groups (broad SMARTS) is 1. The number of hydrogen-bond acceptors (Lipinski definition) is 5. The van der Waals surface area contributed by atoms with Crippen LogP contribution in [0.5, 0.6) is 0 Å². The lowest BCUT2D eigenvalue weighted by molar-refractivity contribution is -0.140. The zero-order valence-corrected chi connectivity index (χ0v) is 15.2. The van der Waals surface area contributed by atoms with E-state index in [1.54, 1.807) is 0 Å². The summed E-state index contributed by atoms with van der Waals surface area (Å²) < 4.78 is 44.3. The van der Waals surface area contributed by atoms with Crippen molar-refractivity contribution < 1.29 is 32.3 Å². The second kappa shape index (κ2) is 7.35. The van der Waals surface area contributed by atoms with Crippen molar-refractivity contribution in [2.45, 2.75) is 19.0 Å². The molecule has 0 unspecified atom stereocenters. The summed E-state index contributed by atoms with van der Waals surface area (Å²) in [6.45, 7) is -0.537. The Morgan fingerprint density at radius 1 is 1.41 bits per heavy atom. The zero-order chi connectivity index (χ0) is 19.8. The molecule has 1 aromatic heterocycles. The van der Waals surface area contributed by atoms with Crippen molar-refractivity contribution in [3.8, 4) is 0 Å². The average Bonchev–Trinajstić information content (AvgIpc) is 3.15. The number of halogens is 3. The molecule has 0 saturated carbocycles. The highest BCUT2D eigenvalue weighted by atomic mass is 32.2. The molecule has 27 heavy (non-hydrogen) atoms. The third kappa shape index (κ3) is 4.33. The normalized spacial score (nSPS) is 19.5. The standard InChI is InChI=1S/C17H12F3NO4S2/c18-17(19,20)10-3-1-2-9(6-10)12-5-4-11(25-12)7-13-15(24)21(8-14(22)23)16(26)27-13/h3-7H,1-2,8H2,(H,22,23)/b13-7-. The zero-order valence-electron chi connectivity index (χ0n) is 13.6. The molecule has 1 amide bonds. The molecule has 1 aromatic rings. The van der Waals surface area contributed by atoms with Crippen LogP contribution in [0.15, 0.2) is 39.2 Å². The number of allylic oxidation sites excluding steroid dienone is 4. The number of thiocarbonyl (C=S) groups is 1. The van der Waals surface area contributed by atoms with E-state index in [-0.39, 0.29) is 27.2 Å². The van der Waals surface area contributed by atoms with E-state index >= 15 is 0 Å². The number of alkyl halides is 3. The minimum absolute atomic E-state index is 0.121. The van der Waals surface area contributed by atoms with Gasteiger partial charge in [-0.15, -0.1) is 0 Å². The van der Waals surface area contributed by atoms with Crippen molar-refractivity contribution in [1.29, 1.82) is 0 Å². The van der Waals surface area contributed by atoms with Crippen molar-refractivity contribution in [2.24, 2.45) is 0 Å². The van der Waals surface area contributed by atoms with Crippen LogP contribution < -0.4 is 0 Å². The maximum absolute atomic E-state index is 12.9. The fourth-order valence-corrected chi connectivity index (χ4v) is 3.83. The fraction of sp³-hybridized carbons (Fsp3) is 0.235. The quantitative estimate of drug-likeness (QED) is 0.586. The molecule has 0 bridgehead atoms. The van der Waals surface area contributed by atoms with Gasteiger partial charge in [-0.1, -0.05) is 30.1 Å². The van der Waals surface area contributed by atoms with E-state index in [0.717, 1.165) is 28.8 Å². The molecule has 5 nitrogen and oxygen atoms in total. The summed E-state index contributed by atoms with van der Waals surface area (Å²) >= 11 is 5.94. The third-order valence-corrected chi connectivity index (χ3v) is 5.20. The van der Waals surface area contributed by atoms with Crippen molar-refractivity contribution in [3.05, 3.63) is 46.3 Å². The summed E-state index contributed by atoms with van der Waals surface area (Å²) in [4.78, 5) is 24.2. The van der Waals surface area contributed by atoms with Crippen LogP contribution in [-0.2, 0) is 9.59 Å². The first-order valence-electron chi connectivity index (χ1n) is 7.70. The smallest absolute Gasteiger partial charge is 0.416 e. The first kappa shape index (κ1) is 19.4. The van der Waals surface area contributed by atoms with Gasteiger partial charge in [0.25, 0.3) is 5.91 Å². The Kier molecular flexibility index (Phi) is 5.29. The minimum Gasteiger partial charge on any atom is -0.480 e. The van der Waals surface area contributed by atoms with Crippen LogP contribution in [0.4, 0.5) is 13.2 Å².